The van der Waals surface area contributed by atoms with Gasteiger partial charge in [0.1, 0.15) is 0 Å². The van der Waals surface area contributed by atoms with Crippen LogP contribution in [0.5, 0.6) is 0 Å². The van der Waals surface area contributed by atoms with Gasteiger partial charge in [-0.1, -0.05) is 105 Å². The Kier molecular flexibility index (Phi) is 6.48. The zero-order valence-corrected chi connectivity index (χ0v) is 22.8. The van der Waals surface area contributed by atoms with Crippen LogP contribution >= 0.6 is 0 Å². The normalized spacial score (nSPS) is 15.1. The lowest BCUT2D eigenvalue weighted by Crippen LogP contribution is -2.23. The first-order valence-corrected chi connectivity index (χ1v) is 13.4. The Labute approximate surface area is 234 Å². The molecule has 0 spiro atoms. The third kappa shape index (κ3) is 4.56. The maximum atomic E-state index is 13.4. The highest BCUT2D eigenvalue weighted by atomic mass is 16.2. The van der Waals surface area contributed by atoms with E-state index in [1.165, 1.54) is 11.3 Å². The molecule has 2 heterocycles. The first-order chi connectivity index (χ1) is 19.4. The Balaban J connectivity index is 1.26. The van der Waals surface area contributed by atoms with Crippen molar-refractivity contribution in [3.05, 3.63) is 132 Å². The molecule has 5 nitrogen and oxygen atoms in total. The quantitative estimate of drug-likeness (QED) is 0.191. The number of anilines is 1. The molecule has 0 fully saturated rings. The van der Waals surface area contributed by atoms with Gasteiger partial charge in [0.25, 0.3) is 5.91 Å². The number of pyridine rings is 1. The second-order valence-corrected chi connectivity index (χ2v) is 10.5. The van der Waals surface area contributed by atoms with Crippen LogP contribution in [0.3, 0.4) is 0 Å². The summed E-state index contributed by atoms with van der Waals surface area (Å²) >= 11 is 0. The molecule has 0 atom stereocenters. The second kappa shape index (κ2) is 10.3. The summed E-state index contributed by atoms with van der Waals surface area (Å²) in [6.07, 6.45) is 3.62. The average Bonchev–Trinajstić information content (AvgIpc) is 3.19. The largest absolute Gasteiger partial charge is 0.347 e. The van der Waals surface area contributed by atoms with Gasteiger partial charge in [-0.15, -0.1) is 0 Å². The molecule has 0 saturated heterocycles. The number of carbonyl (C=O) groups excluding carboxylic acids is 1. The van der Waals surface area contributed by atoms with E-state index in [0.29, 0.717) is 5.56 Å². The Morgan fingerprint density at radius 2 is 1.48 bits per heavy atom. The summed E-state index contributed by atoms with van der Waals surface area (Å²) in [5.41, 5.74) is 11.4. The number of para-hydroxylation sites is 2. The van der Waals surface area contributed by atoms with Crippen LogP contribution in [0, 0.1) is 0 Å². The van der Waals surface area contributed by atoms with E-state index in [2.05, 4.69) is 78.8 Å². The van der Waals surface area contributed by atoms with Gasteiger partial charge in [0.2, 0.25) is 0 Å². The van der Waals surface area contributed by atoms with Gasteiger partial charge in [0, 0.05) is 41.0 Å². The second-order valence-electron chi connectivity index (χ2n) is 10.5. The molecule has 1 N–H and O–H groups in total. The van der Waals surface area contributed by atoms with Crippen molar-refractivity contribution >= 4 is 28.7 Å². The van der Waals surface area contributed by atoms with Gasteiger partial charge in [-0.05, 0) is 41.0 Å². The van der Waals surface area contributed by atoms with Crippen LogP contribution < -0.4 is 10.3 Å². The van der Waals surface area contributed by atoms with Crippen LogP contribution in [0.15, 0.2) is 126 Å². The van der Waals surface area contributed by atoms with E-state index in [-0.39, 0.29) is 11.3 Å². The topological polar surface area (TPSA) is 57.6 Å². The van der Waals surface area contributed by atoms with E-state index >= 15 is 0 Å². The standard InChI is InChI=1S/C35H30N4O/c1-35(2)29-14-8-10-16-32(29)39(3)33(35)21-22-36-38-34(40)28-23-31(37-30-15-9-7-13-27(28)30)26-19-17-25(18-20-26)24-11-5-4-6-12-24/h4-23H,1-3H3,(H,38,40)/b33-21-,36-22+. The van der Waals surface area contributed by atoms with Crippen molar-refractivity contribution in [3.8, 4) is 22.4 Å². The smallest absolute Gasteiger partial charge is 0.272 e. The van der Waals surface area contributed by atoms with Crippen LogP contribution in [-0.4, -0.2) is 24.2 Å². The number of nitrogens with one attached hydrogen (secondary N) is 1. The molecule has 0 unspecified atom stereocenters. The minimum atomic E-state index is -0.280. The molecule has 5 aromatic rings. The van der Waals surface area contributed by atoms with Gasteiger partial charge in [0.15, 0.2) is 0 Å². The van der Waals surface area contributed by atoms with Crippen molar-refractivity contribution in [3.63, 3.8) is 0 Å². The fraction of sp³-hybridized carbons (Fsp3) is 0.114. The first kappa shape index (κ1) is 25.3. The number of nitrogens with zero attached hydrogens (tertiary/aromatic N) is 3. The molecule has 4 aromatic carbocycles. The summed E-state index contributed by atoms with van der Waals surface area (Å²) in [4.78, 5) is 20.4. The monoisotopic (exact) mass is 522 g/mol. The molecule has 196 valence electrons. The van der Waals surface area contributed by atoms with Gasteiger partial charge < -0.3 is 4.90 Å². The summed E-state index contributed by atoms with van der Waals surface area (Å²) in [5.74, 6) is -0.280. The summed E-state index contributed by atoms with van der Waals surface area (Å²) in [5, 5.41) is 5.06. The number of amides is 1. The number of fused-ring (bicyclic) bond motifs is 2. The van der Waals surface area contributed by atoms with Crippen molar-refractivity contribution in [2.24, 2.45) is 5.10 Å². The average molecular weight is 523 g/mol. The minimum Gasteiger partial charge on any atom is -0.347 e. The summed E-state index contributed by atoms with van der Waals surface area (Å²) in [6.45, 7) is 4.40. The fourth-order valence-electron chi connectivity index (χ4n) is 5.54. The number of likely N-dealkylation sites (N-methyl/N-ethyl adjacent to an activating group) is 1. The van der Waals surface area contributed by atoms with E-state index < -0.39 is 0 Å². The van der Waals surface area contributed by atoms with Crippen molar-refractivity contribution < 1.29 is 4.79 Å². The van der Waals surface area contributed by atoms with E-state index in [0.717, 1.165) is 39.0 Å². The van der Waals surface area contributed by atoms with Crippen LogP contribution in [0.1, 0.15) is 29.8 Å². The Bertz CT molecular complexity index is 1770. The molecule has 1 aromatic heterocycles. The number of carbonyl (C=O) groups is 1. The van der Waals surface area contributed by atoms with E-state index in [1.807, 2.05) is 72.8 Å². The predicted octanol–water partition coefficient (Wildman–Crippen LogP) is 7.60. The number of allylic oxidation sites excluding steroid dienone is 2. The van der Waals surface area contributed by atoms with Gasteiger partial charge in [-0.2, -0.15) is 5.10 Å². The van der Waals surface area contributed by atoms with Gasteiger partial charge >= 0.3 is 0 Å². The van der Waals surface area contributed by atoms with E-state index in [9.17, 15) is 4.79 Å². The molecule has 6 rings (SSSR count). The molecule has 5 heteroatoms. The molecule has 1 amide bonds. The third-order valence-corrected chi connectivity index (χ3v) is 7.66. The predicted molar refractivity (Wildman–Crippen MR) is 165 cm³/mol. The first-order valence-electron chi connectivity index (χ1n) is 13.4. The van der Waals surface area contributed by atoms with Gasteiger partial charge in [0.05, 0.1) is 16.8 Å². The molecule has 1 aliphatic heterocycles. The Morgan fingerprint density at radius 3 is 2.25 bits per heavy atom. The zero-order chi connectivity index (χ0) is 27.7. The summed E-state index contributed by atoms with van der Waals surface area (Å²) in [6, 6.07) is 36.4. The summed E-state index contributed by atoms with van der Waals surface area (Å²) in [7, 11) is 2.06. The maximum absolute atomic E-state index is 13.4. The van der Waals surface area contributed by atoms with Gasteiger partial charge in [-0.3, -0.25) is 4.79 Å². The molecule has 0 aliphatic carbocycles. The third-order valence-electron chi connectivity index (χ3n) is 7.66. The van der Waals surface area contributed by atoms with Crippen LogP contribution in [0.25, 0.3) is 33.3 Å². The van der Waals surface area contributed by atoms with E-state index in [1.54, 1.807) is 6.21 Å². The fourth-order valence-corrected chi connectivity index (χ4v) is 5.54. The lowest BCUT2D eigenvalue weighted by atomic mass is 9.84. The van der Waals surface area contributed by atoms with Gasteiger partial charge in [-0.25, -0.2) is 10.4 Å². The highest BCUT2D eigenvalue weighted by Crippen LogP contribution is 2.46. The molecular weight excluding hydrogens is 492 g/mol. The number of hydrazone groups is 1. The molecular formula is C35H30N4O. The minimum absolute atomic E-state index is 0.159. The Morgan fingerprint density at radius 1 is 0.825 bits per heavy atom. The lowest BCUT2D eigenvalue weighted by molar-refractivity contribution is 0.0956. The number of hydrogen-bond donors (Lipinski definition) is 1. The zero-order valence-electron chi connectivity index (χ0n) is 22.8. The summed E-state index contributed by atoms with van der Waals surface area (Å²) < 4.78 is 0. The number of aromatic nitrogens is 1. The number of hydrogen-bond acceptors (Lipinski definition) is 4. The van der Waals surface area contributed by atoms with E-state index in [4.69, 9.17) is 4.98 Å². The molecule has 1 aliphatic rings. The van der Waals surface area contributed by atoms with Crippen molar-refractivity contribution in [2.45, 2.75) is 19.3 Å². The highest BCUT2D eigenvalue weighted by molar-refractivity contribution is 6.07. The number of rotatable bonds is 5. The van der Waals surface area contributed by atoms with Crippen LogP contribution in [0.4, 0.5) is 5.69 Å². The number of benzene rings is 4. The SMILES string of the molecule is CN1/C(=C\C=N\NC(=O)c2cc(-c3ccc(-c4ccccc4)cc3)nc3ccccc23)C(C)(C)c2ccccc21. The molecule has 40 heavy (non-hydrogen) atoms. The van der Waals surface area contributed by atoms with Crippen molar-refractivity contribution in [1.29, 1.82) is 0 Å². The molecule has 0 saturated carbocycles. The highest BCUT2D eigenvalue weighted by Gasteiger charge is 2.37. The van der Waals surface area contributed by atoms with Crippen LogP contribution in [-0.2, 0) is 5.41 Å². The lowest BCUT2D eigenvalue weighted by Gasteiger charge is -2.23. The molecule has 0 bridgehead atoms. The van der Waals surface area contributed by atoms with Crippen LogP contribution in [0.2, 0.25) is 0 Å². The van der Waals surface area contributed by atoms with Crippen molar-refractivity contribution in [1.82, 2.24) is 10.4 Å². The van der Waals surface area contributed by atoms with Crippen molar-refractivity contribution in [2.75, 3.05) is 11.9 Å². The molecule has 0 radical (unpaired) electrons. The maximum Gasteiger partial charge on any atom is 0.272 e. The Hall–Kier alpha value is -5.03.